The number of piperidine rings is 1. The first-order chi connectivity index (χ1) is 13.9. The fourth-order valence-electron chi connectivity index (χ4n) is 3.20. The summed E-state index contributed by atoms with van der Waals surface area (Å²) < 4.78 is 13.2. The average Bonchev–Trinajstić information content (AvgIpc) is 2.75. The minimum absolute atomic E-state index is 0.0718. The highest BCUT2D eigenvalue weighted by Crippen LogP contribution is 2.22. The highest BCUT2D eigenvalue weighted by atomic mass is 35.5. The monoisotopic (exact) mass is 417 g/mol. The molecule has 6 nitrogen and oxygen atoms in total. The Hall–Kier alpha value is -2.93. The number of carbonyl (C=O) groups excluding carboxylic acids is 3. The molecular formula is C21H21ClFN3O3. The van der Waals surface area contributed by atoms with Crippen LogP contribution in [-0.2, 0) is 9.59 Å². The maximum absolute atomic E-state index is 13.2. The second-order valence-corrected chi connectivity index (χ2v) is 7.25. The number of rotatable bonds is 5. The molecule has 1 atom stereocenters. The second-order valence-electron chi connectivity index (χ2n) is 6.85. The molecule has 0 radical (unpaired) electrons. The van der Waals surface area contributed by atoms with Crippen LogP contribution in [0.5, 0.6) is 0 Å². The van der Waals surface area contributed by atoms with Gasteiger partial charge in [0.1, 0.15) is 5.82 Å². The van der Waals surface area contributed by atoms with E-state index in [0.717, 1.165) is 0 Å². The zero-order valence-electron chi connectivity index (χ0n) is 15.7. The molecule has 1 unspecified atom stereocenters. The summed E-state index contributed by atoms with van der Waals surface area (Å²) in [5.41, 5.74) is 0.883. The number of hydrogen-bond acceptors (Lipinski definition) is 3. The highest BCUT2D eigenvalue weighted by molar-refractivity contribution is 6.31. The lowest BCUT2D eigenvalue weighted by Crippen LogP contribution is -2.47. The molecule has 1 aliphatic rings. The van der Waals surface area contributed by atoms with E-state index in [2.05, 4.69) is 10.6 Å². The van der Waals surface area contributed by atoms with Crippen LogP contribution < -0.4 is 10.6 Å². The Labute approximate surface area is 173 Å². The molecule has 29 heavy (non-hydrogen) atoms. The van der Waals surface area contributed by atoms with Gasteiger partial charge in [0.25, 0.3) is 5.91 Å². The maximum atomic E-state index is 13.2. The smallest absolute Gasteiger partial charge is 0.251 e. The molecule has 8 heteroatoms. The summed E-state index contributed by atoms with van der Waals surface area (Å²) in [6, 6.07) is 12.6. The Morgan fingerprint density at radius 1 is 1.14 bits per heavy atom. The van der Waals surface area contributed by atoms with E-state index in [1.54, 1.807) is 35.2 Å². The van der Waals surface area contributed by atoms with Crippen LogP contribution in [-0.4, -0.2) is 42.3 Å². The van der Waals surface area contributed by atoms with E-state index >= 15 is 0 Å². The number of carbonyl (C=O) groups is 3. The van der Waals surface area contributed by atoms with Gasteiger partial charge in [-0.2, -0.15) is 0 Å². The van der Waals surface area contributed by atoms with E-state index in [0.29, 0.717) is 30.6 Å². The molecule has 2 N–H and O–H groups in total. The molecule has 1 fully saturated rings. The number of nitrogens with one attached hydrogen (secondary N) is 2. The Bertz CT molecular complexity index is 907. The van der Waals surface area contributed by atoms with Gasteiger partial charge in [-0.25, -0.2) is 4.39 Å². The minimum atomic E-state index is -0.559. The number of benzene rings is 2. The van der Waals surface area contributed by atoms with Crippen molar-refractivity contribution in [2.45, 2.75) is 12.8 Å². The number of halogens is 2. The van der Waals surface area contributed by atoms with Gasteiger partial charge in [-0.15, -0.1) is 0 Å². The third-order valence-corrected chi connectivity index (χ3v) is 5.06. The molecule has 0 aromatic heterocycles. The number of anilines is 1. The first-order valence-corrected chi connectivity index (χ1v) is 9.69. The van der Waals surface area contributed by atoms with Crippen LogP contribution in [0.3, 0.4) is 0 Å². The first kappa shape index (κ1) is 20.8. The van der Waals surface area contributed by atoms with Crippen molar-refractivity contribution >= 4 is 35.0 Å². The summed E-state index contributed by atoms with van der Waals surface area (Å²) in [4.78, 5) is 38.6. The van der Waals surface area contributed by atoms with Crippen LogP contribution in [0.2, 0.25) is 5.02 Å². The molecule has 1 saturated heterocycles. The lowest BCUT2D eigenvalue weighted by Gasteiger charge is -2.32. The third-order valence-electron chi connectivity index (χ3n) is 4.77. The van der Waals surface area contributed by atoms with Gasteiger partial charge in [-0.3, -0.25) is 14.4 Å². The first-order valence-electron chi connectivity index (χ1n) is 9.31. The molecule has 0 spiro atoms. The van der Waals surface area contributed by atoms with Crippen molar-refractivity contribution < 1.29 is 18.8 Å². The minimum Gasteiger partial charge on any atom is -0.343 e. The fourth-order valence-corrected chi connectivity index (χ4v) is 3.38. The summed E-state index contributed by atoms with van der Waals surface area (Å²) in [6.07, 6.45) is 1.32. The van der Waals surface area contributed by atoms with Crippen LogP contribution >= 0.6 is 11.6 Å². The van der Waals surface area contributed by atoms with Crippen molar-refractivity contribution in [2.24, 2.45) is 5.92 Å². The predicted octanol–water partition coefficient (Wildman–Crippen LogP) is 3.09. The van der Waals surface area contributed by atoms with Gasteiger partial charge < -0.3 is 15.5 Å². The zero-order chi connectivity index (χ0) is 20.8. The lowest BCUT2D eigenvalue weighted by molar-refractivity contribution is -0.133. The van der Waals surface area contributed by atoms with Gasteiger partial charge in [-0.05, 0) is 43.2 Å². The summed E-state index contributed by atoms with van der Waals surface area (Å²) in [6.45, 7) is 0.669. The van der Waals surface area contributed by atoms with Gasteiger partial charge in [0, 0.05) is 24.3 Å². The Morgan fingerprint density at radius 3 is 2.62 bits per heavy atom. The van der Waals surface area contributed by atoms with Crippen LogP contribution in [0.25, 0.3) is 0 Å². The third kappa shape index (κ3) is 5.54. The van der Waals surface area contributed by atoms with Crippen molar-refractivity contribution in [3.63, 3.8) is 0 Å². The molecule has 0 aliphatic carbocycles. The molecule has 0 saturated carbocycles. The van der Waals surface area contributed by atoms with Crippen LogP contribution in [0.15, 0.2) is 48.5 Å². The zero-order valence-corrected chi connectivity index (χ0v) is 16.4. The van der Waals surface area contributed by atoms with E-state index in [4.69, 9.17) is 11.6 Å². The molecule has 3 amide bonds. The quantitative estimate of drug-likeness (QED) is 0.784. The summed E-state index contributed by atoms with van der Waals surface area (Å²) in [5, 5.41) is 5.25. The van der Waals surface area contributed by atoms with Gasteiger partial charge in [0.15, 0.2) is 0 Å². The molecule has 152 valence electrons. The van der Waals surface area contributed by atoms with Crippen molar-refractivity contribution in [1.82, 2.24) is 10.2 Å². The van der Waals surface area contributed by atoms with Crippen LogP contribution in [0.1, 0.15) is 23.2 Å². The van der Waals surface area contributed by atoms with Crippen molar-refractivity contribution in [1.29, 1.82) is 0 Å². The van der Waals surface area contributed by atoms with Gasteiger partial charge in [0.05, 0.1) is 17.5 Å². The number of hydrogen-bond donors (Lipinski definition) is 2. The number of likely N-dealkylation sites (tertiary alicyclic amines) is 1. The molecular weight excluding hydrogens is 397 g/mol. The summed E-state index contributed by atoms with van der Waals surface area (Å²) in [5.74, 6) is -1.76. The van der Waals surface area contributed by atoms with Gasteiger partial charge >= 0.3 is 0 Å². The van der Waals surface area contributed by atoms with E-state index in [9.17, 15) is 18.8 Å². The van der Waals surface area contributed by atoms with Crippen LogP contribution in [0, 0.1) is 11.7 Å². The molecule has 2 aromatic rings. The van der Waals surface area contributed by atoms with Gasteiger partial charge in [-0.1, -0.05) is 29.8 Å². The average molecular weight is 418 g/mol. The van der Waals surface area contributed by atoms with Crippen molar-refractivity contribution in [3.8, 4) is 0 Å². The Balaban J connectivity index is 1.52. The second kappa shape index (κ2) is 9.52. The van der Waals surface area contributed by atoms with Gasteiger partial charge in [0.2, 0.25) is 11.8 Å². The topological polar surface area (TPSA) is 78.5 Å². The molecule has 3 rings (SSSR count). The summed E-state index contributed by atoms with van der Waals surface area (Å²) >= 11 is 5.74. The van der Waals surface area contributed by atoms with Crippen molar-refractivity contribution in [2.75, 3.05) is 25.0 Å². The normalized spacial score (nSPS) is 16.2. The summed E-state index contributed by atoms with van der Waals surface area (Å²) in [7, 11) is 0. The molecule has 0 bridgehead atoms. The van der Waals surface area contributed by atoms with E-state index in [1.807, 2.05) is 0 Å². The van der Waals surface area contributed by atoms with E-state index in [1.165, 1.54) is 18.2 Å². The molecule has 1 aliphatic heterocycles. The van der Waals surface area contributed by atoms with Crippen molar-refractivity contribution in [3.05, 3.63) is 64.9 Å². The van der Waals surface area contributed by atoms with E-state index in [-0.39, 0.29) is 41.8 Å². The predicted molar refractivity (Wildman–Crippen MR) is 108 cm³/mol. The maximum Gasteiger partial charge on any atom is 0.251 e. The molecule has 1 heterocycles. The Morgan fingerprint density at radius 2 is 1.90 bits per heavy atom. The SMILES string of the molecule is O=C(NCC(=O)N1CCCC(C(=O)Nc2ccc(F)c(Cl)c2)C1)c1ccccc1. The fraction of sp³-hybridized carbons (Fsp3) is 0.286. The lowest BCUT2D eigenvalue weighted by atomic mass is 9.97. The highest BCUT2D eigenvalue weighted by Gasteiger charge is 2.28. The standard InChI is InChI=1S/C21H21ClFN3O3/c22-17-11-16(8-9-18(17)23)25-21(29)15-7-4-10-26(13-15)19(27)12-24-20(28)14-5-2-1-3-6-14/h1-3,5-6,8-9,11,15H,4,7,10,12-13H2,(H,24,28)(H,25,29). The van der Waals surface area contributed by atoms with Crippen LogP contribution in [0.4, 0.5) is 10.1 Å². The van der Waals surface area contributed by atoms with E-state index < -0.39 is 5.82 Å². The number of nitrogens with zero attached hydrogens (tertiary/aromatic N) is 1. The number of amides is 3. The largest absolute Gasteiger partial charge is 0.343 e. The molecule has 2 aromatic carbocycles. The Kier molecular flexibility index (Phi) is 6.82.